The van der Waals surface area contributed by atoms with Crippen molar-refractivity contribution in [2.75, 3.05) is 0 Å². The highest BCUT2D eigenvalue weighted by molar-refractivity contribution is 5.93. The summed E-state index contributed by atoms with van der Waals surface area (Å²) in [7, 11) is 0. The fraction of sp³-hybridized carbons (Fsp3) is 0.250. The molecule has 0 N–H and O–H groups in total. The highest BCUT2D eigenvalue weighted by atomic mass is 15.0. The zero-order chi connectivity index (χ0) is 14.4. The second-order valence-corrected chi connectivity index (χ2v) is 6.00. The number of benzene rings is 2. The minimum absolute atomic E-state index is 0.504. The Labute approximate surface area is 125 Å². The third kappa shape index (κ3) is 1.73. The standard InChI is InChI=1S/C20H20N/c1-3-16-14(2)21-13-12-15-8-4-5-9-17(15)20(21)19-11-7-6-10-18(16)19/h4-14,16H,3H2,1-2H3/q+1. The predicted octanol–water partition coefficient (Wildman–Crippen LogP) is 4.86. The zero-order valence-electron chi connectivity index (χ0n) is 12.6. The molecule has 1 aliphatic heterocycles. The molecule has 0 fully saturated rings. The molecule has 0 saturated heterocycles. The SMILES string of the molecule is CCC1c2ccccc2-c2c3ccccc3cc[n+]2C1C. The van der Waals surface area contributed by atoms with E-state index in [4.69, 9.17) is 0 Å². The molecule has 1 aromatic heterocycles. The molecule has 1 heteroatoms. The first-order valence-corrected chi connectivity index (χ1v) is 7.83. The Morgan fingerprint density at radius 1 is 0.952 bits per heavy atom. The van der Waals surface area contributed by atoms with Crippen LogP contribution in [0.25, 0.3) is 22.0 Å². The average molecular weight is 274 g/mol. The lowest BCUT2D eigenvalue weighted by Gasteiger charge is -2.28. The predicted molar refractivity (Wildman–Crippen MR) is 87.3 cm³/mol. The number of nitrogens with zero attached hydrogens (tertiary/aromatic N) is 1. The largest absolute Gasteiger partial charge is 0.220 e. The Kier molecular flexibility index (Phi) is 2.81. The van der Waals surface area contributed by atoms with Gasteiger partial charge in [-0.15, -0.1) is 0 Å². The topological polar surface area (TPSA) is 3.88 Å². The van der Waals surface area contributed by atoms with Crippen LogP contribution in [0.5, 0.6) is 0 Å². The second kappa shape index (κ2) is 4.70. The maximum atomic E-state index is 2.47. The van der Waals surface area contributed by atoms with Crippen molar-refractivity contribution in [1.82, 2.24) is 0 Å². The molecule has 21 heavy (non-hydrogen) atoms. The molecule has 0 saturated carbocycles. The van der Waals surface area contributed by atoms with Gasteiger partial charge in [0, 0.05) is 12.0 Å². The van der Waals surface area contributed by atoms with Crippen LogP contribution in [0.15, 0.2) is 60.8 Å². The Bertz CT molecular complexity index is 819. The first-order valence-electron chi connectivity index (χ1n) is 7.83. The quantitative estimate of drug-likeness (QED) is 0.558. The summed E-state index contributed by atoms with van der Waals surface area (Å²) in [6.07, 6.45) is 3.44. The van der Waals surface area contributed by atoms with Crippen LogP contribution in [-0.2, 0) is 0 Å². The smallest absolute Gasteiger partial charge is 0.195 e. The van der Waals surface area contributed by atoms with E-state index < -0.39 is 0 Å². The molecule has 3 aromatic rings. The third-order valence-corrected chi connectivity index (χ3v) is 4.97. The van der Waals surface area contributed by atoms with Gasteiger partial charge in [0.1, 0.15) is 0 Å². The fourth-order valence-electron chi connectivity index (χ4n) is 3.91. The molecule has 0 spiro atoms. The van der Waals surface area contributed by atoms with Crippen molar-refractivity contribution in [2.24, 2.45) is 0 Å². The van der Waals surface area contributed by atoms with Gasteiger partial charge < -0.3 is 0 Å². The Morgan fingerprint density at radius 2 is 1.71 bits per heavy atom. The van der Waals surface area contributed by atoms with Gasteiger partial charge in [0.25, 0.3) is 0 Å². The lowest BCUT2D eigenvalue weighted by molar-refractivity contribution is -0.713. The molecule has 4 rings (SSSR count). The number of hydrogen-bond donors (Lipinski definition) is 0. The summed E-state index contributed by atoms with van der Waals surface area (Å²) < 4.78 is 2.47. The van der Waals surface area contributed by atoms with Gasteiger partial charge in [-0.3, -0.25) is 0 Å². The van der Waals surface area contributed by atoms with E-state index in [9.17, 15) is 0 Å². The Hall–Kier alpha value is -2.15. The zero-order valence-corrected chi connectivity index (χ0v) is 12.6. The second-order valence-electron chi connectivity index (χ2n) is 6.00. The molecule has 2 unspecified atom stereocenters. The molecule has 104 valence electrons. The molecule has 2 heterocycles. The van der Waals surface area contributed by atoms with Crippen LogP contribution in [0.4, 0.5) is 0 Å². The van der Waals surface area contributed by atoms with E-state index in [0.717, 1.165) is 0 Å². The van der Waals surface area contributed by atoms with Gasteiger partial charge in [-0.2, -0.15) is 4.57 Å². The summed E-state index contributed by atoms with van der Waals surface area (Å²) >= 11 is 0. The van der Waals surface area contributed by atoms with Gasteiger partial charge in [-0.05, 0) is 36.4 Å². The highest BCUT2D eigenvalue weighted by Crippen LogP contribution is 2.41. The molecule has 2 aromatic carbocycles. The van der Waals surface area contributed by atoms with E-state index >= 15 is 0 Å². The van der Waals surface area contributed by atoms with E-state index in [1.807, 2.05) is 0 Å². The number of fused-ring (bicyclic) bond motifs is 5. The van der Waals surface area contributed by atoms with Crippen molar-refractivity contribution in [2.45, 2.75) is 32.2 Å². The fourth-order valence-corrected chi connectivity index (χ4v) is 3.91. The molecule has 0 amide bonds. The van der Waals surface area contributed by atoms with Crippen molar-refractivity contribution >= 4 is 10.8 Å². The first kappa shape index (κ1) is 12.6. The normalized spacial score (nSPS) is 20.1. The minimum atomic E-state index is 0.504. The van der Waals surface area contributed by atoms with Crippen molar-refractivity contribution in [3.63, 3.8) is 0 Å². The Balaban J connectivity index is 2.13. The minimum Gasteiger partial charge on any atom is -0.195 e. The monoisotopic (exact) mass is 274 g/mol. The summed E-state index contributed by atoms with van der Waals surface area (Å²) in [4.78, 5) is 0. The molecular weight excluding hydrogens is 254 g/mol. The molecular formula is C20H20N+. The molecule has 0 radical (unpaired) electrons. The van der Waals surface area contributed by atoms with Gasteiger partial charge in [0.05, 0.1) is 10.9 Å². The number of hydrogen-bond acceptors (Lipinski definition) is 0. The van der Waals surface area contributed by atoms with Gasteiger partial charge in [0.2, 0.25) is 5.69 Å². The lowest BCUT2D eigenvalue weighted by atomic mass is 9.81. The molecule has 0 bridgehead atoms. The van der Waals surface area contributed by atoms with Crippen molar-refractivity contribution in [3.05, 3.63) is 66.4 Å². The lowest BCUT2D eigenvalue weighted by Crippen LogP contribution is -2.45. The van der Waals surface area contributed by atoms with Crippen LogP contribution in [0.2, 0.25) is 0 Å². The van der Waals surface area contributed by atoms with E-state index in [1.54, 1.807) is 0 Å². The van der Waals surface area contributed by atoms with Crippen LogP contribution >= 0.6 is 0 Å². The first-order chi connectivity index (χ1) is 10.3. The van der Waals surface area contributed by atoms with Gasteiger partial charge in [-0.25, -0.2) is 0 Å². The van der Waals surface area contributed by atoms with Crippen LogP contribution < -0.4 is 4.57 Å². The number of pyridine rings is 1. The van der Waals surface area contributed by atoms with E-state index in [1.165, 1.54) is 34.0 Å². The number of rotatable bonds is 1. The summed E-state index contributed by atoms with van der Waals surface area (Å²) in [5.41, 5.74) is 4.28. The molecule has 1 aliphatic rings. The number of aromatic nitrogens is 1. The van der Waals surface area contributed by atoms with E-state index in [2.05, 4.69) is 79.2 Å². The summed E-state index contributed by atoms with van der Waals surface area (Å²) in [5, 5.41) is 2.68. The van der Waals surface area contributed by atoms with Crippen LogP contribution in [0, 0.1) is 0 Å². The average Bonchev–Trinajstić information content (AvgIpc) is 2.55. The highest BCUT2D eigenvalue weighted by Gasteiger charge is 2.36. The van der Waals surface area contributed by atoms with Crippen molar-refractivity contribution in [1.29, 1.82) is 0 Å². The van der Waals surface area contributed by atoms with Crippen molar-refractivity contribution in [3.8, 4) is 11.3 Å². The third-order valence-electron chi connectivity index (χ3n) is 4.97. The Morgan fingerprint density at radius 3 is 2.57 bits per heavy atom. The summed E-state index contributed by atoms with van der Waals surface area (Å²) in [6.45, 7) is 4.65. The van der Waals surface area contributed by atoms with Crippen LogP contribution in [0.3, 0.4) is 0 Å². The summed E-state index contributed by atoms with van der Waals surface area (Å²) in [6, 6.07) is 20.4. The van der Waals surface area contributed by atoms with Gasteiger partial charge >= 0.3 is 0 Å². The van der Waals surface area contributed by atoms with E-state index in [-0.39, 0.29) is 0 Å². The molecule has 0 aliphatic carbocycles. The maximum absolute atomic E-state index is 2.47. The summed E-state index contributed by atoms with van der Waals surface area (Å²) in [5.74, 6) is 0.597. The van der Waals surface area contributed by atoms with Gasteiger partial charge in [0.15, 0.2) is 12.2 Å². The maximum Gasteiger partial charge on any atom is 0.220 e. The molecule has 1 nitrogen and oxygen atoms in total. The van der Waals surface area contributed by atoms with Crippen LogP contribution in [-0.4, -0.2) is 0 Å². The van der Waals surface area contributed by atoms with Crippen LogP contribution in [0.1, 0.15) is 37.8 Å². The van der Waals surface area contributed by atoms with E-state index in [0.29, 0.717) is 12.0 Å². The molecule has 2 atom stereocenters. The van der Waals surface area contributed by atoms with Crippen molar-refractivity contribution < 1.29 is 4.57 Å². The van der Waals surface area contributed by atoms with Gasteiger partial charge in [-0.1, -0.05) is 43.3 Å².